The van der Waals surface area contributed by atoms with Crippen LogP contribution in [0.15, 0.2) is 30.9 Å². The molecule has 18 heavy (non-hydrogen) atoms. The molecule has 1 aromatic carbocycles. The van der Waals surface area contributed by atoms with Crippen molar-refractivity contribution in [2.24, 2.45) is 0 Å². The average Bonchev–Trinajstić information content (AvgIpc) is 2.37. The van der Waals surface area contributed by atoms with Gasteiger partial charge in [-0.25, -0.2) is 0 Å². The SMILES string of the molecule is C=CC(O)c1ccc(OC)c(C(C)C)c1/C=C/C. The molecule has 1 aromatic rings. The molecule has 0 heterocycles. The summed E-state index contributed by atoms with van der Waals surface area (Å²) in [6.07, 6.45) is 4.87. The summed E-state index contributed by atoms with van der Waals surface area (Å²) in [7, 11) is 1.67. The zero-order chi connectivity index (χ0) is 13.7. The van der Waals surface area contributed by atoms with Crippen molar-refractivity contribution in [3.8, 4) is 5.75 Å². The first kappa shape index (κ1) is 14.5. The van der Waals surface area contributed by atoms with Gasteiger partial charge in [-0.2, -0.15) is 0 Å². The molecule has 0 saturated heterocycles. The Morgan fingerprint density at radius 2 is 2.00 bits per heavy atom. The van der Waals surface area contributed by atoms with Crippen LogP contribution in [0.5, 0.6) is 5.75 Å². The van der Waals surface area contributed by atoms with Crippen LogP contribution in [0.4, 0.5) is 0 Å². The second-order valence-corrected chi connectivity index (χ2v) is 4.52. The van der Waals surface area contributed by atoms with Crippen LogP contribution in [0.2, 0.25) is 0 Å². The minimum atomic E-state index is -0.653. The van der Waals surface area contributed by atoms with E-state index in [1.54, 1.807) is 13.2 Å². The van der Waals surface area contributed by atoms with Crippen molar-refractivity contribution in [2.45, 2.75) is 32.8 Å². The molecule has 0 aromatic heterocycles. The third kappa shape index (κ3) is 2.82. The maximum atomic E-state index is 10.0. The van der Waals surface area contributed by atoms with Gasteiger partial charge in [0, 0.05) is 5.56 Å². The zero-order valence-corrected chi connectivity index (χ0v) is 11.6. The standard InChI is InChI=1S/C16H22O2/c1-6-8-13-12(14(17)7-2)9-10-15(18-5)16(13)11(3)4/h6-11,14,17H,2H2,1,3-5H3/b8-6+. The maximum Gasteiger partial charge on any atom is 0.122 e. The molecule has 2 nitrogen and oxygen atoms in total. The quantitative estimate of drug-likeness (QED) is 0.793. The lowest BCUT2D eigenvalue weighted by molar-refractivity contribution is 0.228. The molecule has 0 aliphatic carbocycles. The molecule has 0 amide bonds. The fourth-order valence-electron chi connectivity index (χ4n) is 2.14. The fourth-order valence-corrected chi connectivity index (χ4v) is 2.14. The summed E-state index contributed by atoms with van der Waals surface area (Å²) >= 11 is 0. The van der Waals surface area contributed by atoms with E-state index in [0.29, 0.717) is 5.92 Å². The minimum absolute atomic E-state index is 0.322. The van der Waals surface area contributed by atoms with Crippen molar-refractivity contribution in [2.75, 3.05) is 7.11 Å². The maximum absolute atomic E-state index is 10.0. The number of rotatable bonds is 5. The van der Waals surface area contributed by atoms with Gasteiger partial charge in [-0.1, -0.05) is 38.1 Å². The van der Waals surface area contributed by atoms with Crippen molar-refractivity contribution in [1.82, 2.24) is 0 Å². The Balaban J connectivity index is 3.56. The van der Waals surface area contributed by atoms with Gasteiger partial charge in [0.2, 0.25) is 0 Å². The molecule has 0 fully saturated rings. The van der Waals surface area contributed by atoms with E-state index in [-0.39, 0.29) is 0 Å². The lowest BCUT2D eigenvalue weighted by atomic mass is 9.90. The van der Waals surface area contributed by atoms with E-state index in [1.807, 2.05) is 31.2 Å². The van der Waals surface area contributed by atoms with Crippen LogP contribution in [0.25, 0.3) is 6.08 Å². The lowest BCUT2D eigenvalue weighted by Gasteiger charge is -2.20. The van der Waals surface area contributed by atoms with Gasteiger partial charge in [0.05, 0.1) is 13.2 Å². The van der Waals surface area contributed by atoms with E-state index < -0.39 is 6.10 Å². The summed E-state index contributed by atoms with van der Waals surface area (Å²) < 4.78 is 5.42. The topological polar surface area (TPSA) is 29.5 Å². The first-order valence-corrected chi connectivity index (χ1v) is 6.20. The molecule has 0 spiro atoms. The van der Waals surface area contributed by atoms with Gasteiger partial charge in [-0.05, 0) is 30.0 Å². The highest BCUT2D eigenvalue weighted by Gasteiger charge is 2.17. The highest BCUT2D eigenvalue weighted by atomic mass is 16.5. The molecule has 0 aliphatic heterocycles. The first-order chi connectivity index (χ1) is 8.56. The van der Waals surface area contributed by atoms with Crippen LogP contribution >= 0.6 is 0 Å². The Morgan fingerprint density at radius 3 is 2.44 bits per heavy atom. The normalized spacial score (nSPS) is 13.0. The smallest absolute Gasteiger partial charge is 0.122 e. The number of hydrogen-bond donors (Lipinski definition) is 1. The van der Waals surface area contributed by atoms with Gasteiger partial charge < -0.3 is 9.84 Å². The molecule has 98 valence electrons. The predicted molar refractivity (Wildman–Crippen MR) is 76.9 cm³/mol. The largest absolute Gasteiger partial charge is 0.496 e. The molecule has 1 atom stereocenters. The van der Waals surface area contributed by atoms with Crippen LogP contribution in [0.1, 0.15) is 49.5 Å². The number of aliphatic hydroxyl groups is 1. The molecule has 0 saturated carbocycles. The monoisotopic (exact) mass is 246 g/mol. The van der Waals surface area contributed by atoms with Crippen LogP contribution in [-0.4, -0.2) is 12.2 Å². The molecule has 1 unspecified atom stereocenters. The molecular weight excluding hydrogens is 224 g/mol. The van der Waals surface area contributed by atoms with E-state index in [4.69, 9.17) is 4.74 Å². The highest BCUT2D eigenvalue weighted by molar-refractivity contribution is 5.63. The van der Waals surface area contributed by atoms with Crippen molar-refractivity contribution < 1.29 is 9.84 Å². The Kier molecular flexibility index (Phi) is 5.17. The van der Waals surface area contributed by atoms with Crippen molar-refractivity contribution in [1.29, 1.82) is 0 Å². The first-order valence-electron chi connectivity index (χ1n) is 6.20. The zero-order valence-electron chi connectivity index (χ0n) is 11.6. The second-order valence-electron chi connectivity index (χ2n) is 4.52. The predicted octanol–water partition coefficient (Wildman–Crippen LogP) is 4.07. The minimum Gasteiger partial charge on any atom is -0.496 e. The molecule has 0 radical (unpaired) electrons. The summed E-state index contributed by atoms with van der Waals surface area (Å²) in [5.74, 6) is 1.18. The summed E-state index contributed by atoms with van der Waals surface area (Å²) in [5.41, 5.74) is 3.01. The third-order valence-corrected chi connectivity index (χ3v) is 2.95. The fraction of sp³-hybridized carbons (Fsp3) is 0.375. The van der Waals surface area contributed by atoms with E-state index in [9.17, 15) is 5.11 Å². The Hall–Kier alpha value is -1.54. The summed E-state index contributed by atoms with van der Waals surface area (Å²) in [4.78, 5) is 0. The number of methoxy groups -OCH3 is 1. The van der Waals surface area contributed by atoms with Crippen LogP contribution in [-0.2, 0) is 0 Å². The molecule has 0 bridgehead atoms. The van der Waals surface area contributed by atoms with E-state index in [1.165, 1.54) is 0 Å². The molecule has 1 N–H and O–H groups in total. The van der Waals surface area contributed by atoms with Gasteiger partial charge in [0.15, 0.2) is 0 Å². The molecule has 1 rings (SSSR count). The van der Waals surface area contributed by atoms with E-state index in [2.05, 4.69) is 20.4 Å². The van der Waals surface area contributed by atoms with Crippen LogP contribution < -0.4 is 4.74 Å². The van der Waals surface area contributed by atoms with Gasteiger partial charge in [0.1, 0.15) is 5.75 Å². The molecule has 0 aliphatic rings. The number of allylic oxidation sites excluding steroid dienone is 1. The summed E-state index contributed by atoms with van der Waals surface area (Å²) in [6.45, 7) is 9.86. The van der Waals surface area contributed by atoms with E-state index in [0.717, 1.165) is 22.4 Å². The third-order valence-electron chi connectivity index (χ3n) is 2.95. The van der Waals surface area contributed by atoms with Crippen molar-refractivity contribution in [3.63, 3.8) is 0 Å². The highest BCUT2D eigenvalue weighted by Crippen LogP contribution is 2.35. The van der Waals surface area contributed by atoms with Gasteiger partial charge in [0.25, 0.3) is 0 Å². The Morgan fingerprint density at radius 1 is 1.33 bits per heavy atom. The number of hydrogen-bond acceptors (Lipinski definition) is 2. The van der Waals surface area contributed by atoms with Gasteiger partial charge in [-0.15, -0.1) is 6.58 Å². The van der Waals surface area contributed by atoms with Crippen molar-refractivity contribution >= 4 is 6.08 Å². The lowest BCUT2D eigenvalue weighted by Crippen LogP contribution is -2.04. The molecule has 2 heteroatoms. The average molecular weight is 246 g/mol. The van der Waals surface area contributed by atoms with Crippen LogP contribution in [0, 0.1) is 0 Å². The van der Waals surface area contributed by atoms with E-state index >= 15 is 0 Å². The number of ether oxygens (including phenoxy) is 1. The summed E-state index contributed by atoms with van der Waals surface area (Å²) in [6, 6.07) is 3.80. The van der Waals surface area contributed by atoms with Crippen LogP contribution in [0.3, 0.4) is 0 Å². The Labute approximate surface area is 110 Å². The number of aliphatic hydroxyl groups excluding tert-OH is 1. The summed E-state index contributed by atoms with van der Waals surface area (Å²) in [5, 5.41) is 10.0. The van der Waals surface area contributed by atoms with Gasteiger partial charge >= 0.3 is 0 Å². The van der Waals surface area contributed by atoms with Crippen molar-refractivity contribution in [3.05, 3.63) is 47.6 Å². The molecular formula is C16H22O2. The second kappa shape index (κ2) is 6.41. The Bertz CT molecular complexity index is 445. The van der Waals surface area contributed by atoms with Gasteiger partial charge in [-0.3, -0.25) is 0 Å². The number of benzene rings is 1.